The van der Waals surface area contributed by atoms with E-state index in [0.29, 0.717) is 0 Å². The molecule has 0 aliphatic heterocycles. The standard InChI is InChI=1S/C15H14F2N2S/c1-9-5-10(2)7-12(6-9)18-15(20)19-14-8-11(16)3-4-13(14)17/h3-8H,1-2H3,(H2,18,19,20). The molecule has 0 aromatic heterocycles. The van der Waals surface area contributed by atoms with E-state index >= 15 is 0 Å². The molecule has 2 nitrogen and oxygen atoms in total. The predicted octanol–water partition coefficient (Wildman–Crippen LogP) is 4.39. The zero-order chi connectivity index (χ0) is 14.7. The molecule has 0 bridgehead atoms. The summed E-state index contributed by atoms with van der Waals surface area (Å²) in [5.74, 6) is -1.08. The SMILES string of the molecule is Cc1cc(C)cc(NC(=S)Nc2cc(F)ccc2F)c1. The van der Waals surface area contributed by atoms with Crippen molar-refractivity contribution >= 4 is 28.7 Å². The van der Waals surface area contributed by atoms with Gasteiger partial charge < -0.3 is 10.6 Å². The second kappa shape index (κ2) is 5.96. The molecule has 2 rings (SSSR count). The monoisotopic (exact) mass is 292 g/mol. The Bertz CT molecular complexity index is 636. The van der Waals surface area contributed by atoms with Gasteiger partial charge in [0.15, 0.2) is 5.11 Å². The van der Waals surface area contributed by atoms with Crippen molar-refractivity contribution < 1.29 is 8.78 Å². The molecular formula is C15H14F2N2S. The van der Waals surface area contributed by atoms with Crippen LogP contribution in [0.4, 0.5) is 20.2 Å². The van der Waals surface area contributed by atoms with Crippen molar-refractivity contribution in [2.45, 2.75) is 13.8 Å². The van der Waals surface area contributed by atoms with E-state index in [-0.39, 0.29) is 10.8 Å². The lowest BCUT2D eigenvalue weighted by atomic mass is 10.1. The number of rotatable bonds is 2. The Kier molecular flexibility index (Phi) is 4.29. The topological polar surface area (TPSA) is 24.1 Å². The van der Waals surface area contributed by atoms with Gasteiger partial charge in [0.25, 0.3) is 0 Å². The summed E-state index contributed by atoms with van der Waals surface area (Å²) in [6.07, 6.45) is 0. The van der Waals surface area contributed by atoms with E-state index in [9.17, 15) is 8.78 Å². The van der Waals surface area contributed by atoms with E-state index in [2.05, 4.69) is 10.6 Å². The minimum Gasteiger partial charge on any atom is -0.332 e. The van der Waals surface area contributed by atoms with Gasteiger partial charge in [-0.3, -0.25) is 0 Å². The largest absolute Gasteiger partial charge is 0.332 e. The van der Waals surface area contributed by atoms with Crippen LogP contribution < -0.4 is 10.6 Å². The van der Waals surface area contributed by atoms with Crippen LogP contribution in [0.15, 0.2) is 36.4 Å². The third-order valence-electron chi connectivity index (χ3n) is 2.66. The van der Waals surface area contributed by atoms with Gasteiger partial charge in [0.1, 0.15) is 11.6 Å². The highest BCUT2D eigenvalue weighted by molar-refractivity contribution is 7.80. The molecule has 0 atom stereocenters. The molecule has 20 heavy (non-hydrogen) atoms. The molecule has 0 saturated heterocycles. The fourth-order valence-electron chi connectivity index (χ4n) is 1.92. The number of halogens is 2. The summed E-state index contributed by atoms with van der Waals surface area (Å²) in [5.41, 5.74) is 2.99. The molecule has 0 fully saturated rings. The van der Waals surface area contributed by atoms with E-state index in [1.807, 2.05) is 32.0 Å². The summed E-state index contributed by atoms with van der Waals surface area (Å²) in [4.78, 5) is 0. The molecule has 104 valence electrons. The number of hydrogen-bond donors (Lipinski definition) is 2. The van der Waals surface area contributed by atoms with Crippen LogP contribution in [0.25, 0.3) is 0 Å². The van der Waals surface area contributed by atoms with E-state index in [1.54, 1.807) is 0 Å². The number of benzene rings is 2. The van der Waals surface area contributed by atoms with Crippen molar-refractivity contribution in [1.82, 2.24) is 0 Å². The van der Waals surface area contributed by atoms with Gasteiger partial charge in [0, 0.05) is 11.8 Å². The van der Waals surface area contributed by atoms with Gasteiger partial charge in [0.2, 0.25) is 0 Å². The summed E-state index contributed by atoms with van der Waals surface area (Å²) in [6.45, 7) is 3.95. The van der Waals surface area contributed by atoms with E-state index in [1.165, 1.54) is 0 Å². The lowest BCUT2D eigenvalue weighted by molar-refractivity contribution is 0.604. The van der Waals surface area contributed by atoms with Crippen LogP contribution in [0.1, 0.15) is 11.1 Å². The van der Waals surface area contributed by atoms with E-state index < -0.39 is 11.6 Å². The molecule has 0 amide bonds. The molecular weight excluding hydrogens is 278 g/mol. The summed E-state index contributed by atoms with van der Waals surface area (Å²) < 4.78 is 26.5. The molecule has 0 spiro atoms. The van der Waals surface area contributed by atoms with Crippen LogP contribution in [0, 0.1) is 25.5 Å². The minimum atomic E-state index is -0.559. The molecule has 0 radical (unpaired) electrons. The number of aryl methyl sites for hydroxylation is 2. The number of nitrogens with one attached hydrogen (secondary N) is 2. The summed E-state index contributed by atoms with van der Waals surface area (Å²) >= 11 is 5.10. The average Bonchev–Trinajstić information content (AvgIpc) is 2.32. The molecule has 2 aromatic carbocycles. The van der Waals surface area contributed by atoms with Crippen molar-refractivity contribution in [3.63, 3.8) is 0 Å². The molecule has 0 aliphatic rings. The Morgan fingerprint density at radius 1 is 0.950 bits per heavy atom. The zero-order valence-electron chi connectivity index (χ0n) is 11.1. The molecule has 2 N–H and O–H groups in total. The first-order valence-corrected chi connectivity index (χ1v) is 6.46. The Morgan fingerprint density at radius 2 is 1.60 bits per heavy atom. The van der Waals surface area contributed by atoms with Gasteiger partial charge in [-0.2, -0.15) is 0 Å². The molecule has 0 saturated carbocycles. The Balaban J connectivity index is 2.11. The smallest absolute Gasteiger partial charge is 0.175 e. The predicted molar refractivity (Wildman–Crippen MR) is 82.1 cm³/mol. The highest BCUT2D eigenvalue weighted by atomic mass is 32.1. The third-order valence-corrected chi connectivity index (χ3v) is 2.86. The van der Waals surface area contributed by atoms with Crippen LogP contribution >= 0.6 is 12.2 Å². The third kappa shape index (κ3) is 3.74. The second-order valence-corrected chi connectivity index (χ2v) is 4.99. The number of anilines is 2. The van der Waals surface area contributed by atoms with E-state index in [4.69, 9.17) is 12.2 Å². The zero-order valence-corrected chi connectivity index (χ0v) is 11.9. The first-order valence-electron chi connectivity index (χ1n) is 6.05. The van der Waals surface area contributed by atoms with E-state index in [0.717, 1.165) is 35.0 Å². The van der Waals surface area contributed by atoms with Gasteiger partial charge in [-0.25, -0.2) is 8.78 Å². The Labute approximate surface area is 121 Å². The van der Waals surface area contributed by atoms with Crippen molar-refractivity contribution in [3.05, 3.63) is 59.2 Å². The molecule has 0 unspecified atom stereocenters. The quantitative estimate of drug-likeness (QED) is 0.803. The van der Waals surface area contributed by atoms with Crippen LogP contribution in [-0.4, -0.2) is 5.11 Å². The van der Waals surface area contributed by atoms with Crippen LogP contribution in [0.2, 0.25) is 0 Å². The van der Waals surface area contributed by atoms with Crippen molar-refractivity contribution in [1.29, 1.82) is 0 Å². The van der Waals surface area contributed by atoms with Crippen molar-refractivity contribution in [2.24, 2.45) is 0 Å². The van der Waals surface area contributed by atoms with Gasteiger partial charge in [-0.15, -0.1) is 0 Å². The van der Waals surface area contributed by atoms with Crippen molar-refractivity contribution in [2.75, 3.05) is 10.6 Å². The second-order valence-electron chi connectivity index (χ2n) is 4.58. The lowest BCUT2D eigenvalue weighted by Crippen LogP contribution is -2.20. The van der Waals surface area contributed by atoms with Gasteiger partial charge in [-0.1, -0.05) is 6.07 Å². The first-order chi connectivity index (χ1) is 9.44. The Hall–Kier alpha value is -2.01. The highest BCUT2D eigenvalue weighted by Crippen LogP contribution is 2.17. The Morgan fingerprint density at radius 3 is 2.25 bits per heavy atom. The van der Waals surface area contributed by atoms with Crippen LogP contribution in [0.5, 0.6) is 0 Å². The fraction of sp³-hybridized carbons (Fsp3) is 0.133. The normalized spacial score (nSPS) is 10.2. The average molecular weight is 292 g/mol. The summed E-state index contributed by atoms with van der Waals surface area (Å²) in [7, 11) is 0. The molecule has 2 aromatic rings. The highest BCUT2D eigenvalue weighted by Gasteiger charge is 2.06. The lowest BCUT2D eigenvalue weighted by Gasteiger charge is -2.12. The minimum absolute atomic E-state index is 0.00637. The van der Waals surface area contributed by atoms with Crippen LogP contribution in [0.3, 0.4) is 0 Å². The van der Waals surface area contributed by atoms with Crippen LogP contribution in [-0.2, 0) is 0 Å². The fourth-order valence-corrected chi connectivity index (χ4v) is 2.15. The van der Waals surface area contributed by atoms with Gasteiger partial charge in [-0.05, 0) is 61.5 Å². The number of hydrogen-bond acceptors (Lipinski definition) is 1. The van der Waals surface area contributed by atoms with Gasteiger partial charge >= 0.3 is 0 Å². The number of thiocarbonyl (C=S) groups is 1. The first kappa shape index (κ1) is 14.4. The van der Waals surface area contributed by atoms with Crippen molar-refractivity contribution in [3.8, 4) is 0 Å². The van der Waals surface area contributed by atoms with Gasteiger partial charge in [0.05, 0.1) is 5.69 Å². The maximum Gasteiger partial charge on any atom is 0.175 e. The molecule has 0 heterocycles. The maximum absolute atomic E-state index is 13.5. The maximum atomic E-state index is 13.5. The summed E-state index contributed by atoms with van der Waals surface area (Å²) in [6, 6.07) is 9.04. The molecule has 0 aliphatic carbocycles. The molecule has 5 heteroatoms. The summed E-state index contributed by atoms with van der Waals surface area (Å²) in [5, 5.41) is 5.80.